The minimum Gasteiger partial charge on any atom is -0.463 e. The number of esters is 4. The molecular formula is C34H42O10. The van der Waals surface area contributed by atoms with Crippen LogP contribution in [0.1, 0.15) is 86.4 Å². The fourth-order valence-corrected chi connectivity index (χ4v) is 5.99. The number of hydrogen-bond donors (Lipinski definition) is 0. The molecule has 2 aromatic carbocycles. The van der Waals surface area contributed by atoms with E-state index in [9.17, 15) is 19.2 Å². The number of hydrogen-bond acceptors (Lipinski definition) is 10. The smallest absolute Gasteiger partial charge is 0.303 e. The molecule has 10 nitrogen and oxygen atoms in total. The number of carbonyl (C=O) groups is 4. The molecule has 2 aliphatic rings. The Bertz CT molecular complexity index is 1340. The van der Waals surface area contributed by atoms with E-state index in [0.717, 1.165) is 35.1 Å². The van der Waals surface area contributed by atoms with Crippen LogP contribution in [0.3, 0.4) is 0 Å². The SMILES string of the molecule is CCc1ccc(Cc2cc([C@@H]3O[C@H](COC(C)=O)[C@@H](OC(C)=O)[C@H](OC(C)=O)[C@H]3OC(C)=O)cc([C@@H]3CCOC3)c2C)cc1. The summed E-state index contributed by atoms with van der Waals surface area (Å²) in [6, 6.07) is 12.5. The fourth-order valence-electron chi connectivity index (χ4n) is 5.99. The van der Waals surface area contributed by atoms with Gasteiger partial charge in [0.05, 0.1) is 6.61 Å². The van der Waals surface area contributed by atoms with Gasteiger partial charge in [0.25, 0.3) is 0 Å². The van der Waals surface area contributed by atoms with E-state index >= 15 is 0 Å². The number of benzene rings is 2. The summed E-state index contributed by atoms with van der Waals surface area (Å²) in [6.45, 7) is 10.1. The van der Waals surface area contributed by atoms with Crippen molar-refractivity contribution < 1.29 is 47.6 Å². The molecule has 4 rings (SSSR count). The molecule has 0 aromatic heterocycles. The van der Waals surface area contributed by atoms with Gasteiger partial charge in [-0.3, -0.25) is 19.2 Å². The first-order valence-electron chi connectivity index (χ1n) is 15.1. The minimum atomic E-state index is -1.23. The summed E-state index contributed by atoms with van der Waals surface area (Å²) in [5, 5.41) is 0. The highest BCUT2D eigenvalue weighted by atomic mass is 16.7. The standard InChI is InChI=1S/C34H42O10/c1-7-24-8-10-25(11-9-24)14-27-15-28(16-29(19(27)2)26-12-13-39-17-26)31-33(42-22(5)37)34(43-23(6)38)32(41-21(4)36)30(44-31)18-40-20(3)35/h8-11,15-16,26,30-34H,7,12-14,17-18H2,1-6H3/t26-,30-,31+,32-,33+,34+/m1/s1. The molecule has 44 heavy (non-hydrogen) atoms. The third kappa shape index (κ3) is 8.24. The van der Waals surface area contributed by atoms with Crippen LogP contribution < -0.4 is 0 Å². The Kier molecular flexibility index (Phi) is 11.2. The summed E-state index contributed by atoms with van der Waals surface area (Å²) in [5.74, 6) is -2.37. The number of carbonyl (C=O) groups excluding carboxylic acids is 4. The van der Waals surface area contributed by atoms with Gasteiger partial charge < -0.3 is 28.4 Å². The lowest BCUT2D eigenvalue weighted by Gasteiger charge is -2.44. The zero-order valence-electron chi connectivity index (χ0n) is 26.3. The van der Waals surface area contributed by atoms with Crippen LogP contribution in [0.25, 0.3) is 0 Å². The van der Waals surface area contributed by atoms with Crippen molar-refractivity contribution in [2.24, 2.45) is 0 Å². The molecule has 2 aromatic rings. The normalized spacial score (nSPS) is 24.8. The van der Waals surface area contributed by atoms with Crippen molar-refractivity contribution in [3.05, 3.63) is 69.8 Å². The highest BCUT2D eigenvalue weighted by Gasteiger charge is 2.52. The van der Waals surface area contributed by atoms with Crippen molar-refractivity contribution in [2.75, 3.05) is 19.8 Å². The first kappa shape index (κ1) is 33.1. The van der Waals surface area contributed by atoms with Gasteiger partial charge in [0.1, 0.15) is 18.8 Å². The van der Waals surface area contributed by atoms with Gasteiger partial charge in [-0.25, -0.2) is 0 Å². The van der Waals surface area contributed by atoms with Gasteiger partial charge in [0, 0.05) is 40.2 Å². The first-order valence-corrected chi connectivity index (χ1v) is 15.1. The van der Waals surface area contributed by atoms with E-state index in [1.54, 1.807) is 0 Å². The molecule has 0 bridgehead atoms. The van der Waals surface area contributed by atoms with Crippen molar-refractivity contribution in [1.82, 2.24) is 0 Å². The number of aryl methyl sites for hydroxylation is 1. The van der Waals surface area contributed by atoms with E-state index in [1.807, 2.05) is 12.1 Å². The Hall–Kier alpha value is -3.76. The van der Waals surface area contributed by atoms with E-state index in [2.05, 4.69) is 38.1 Å². The average Bonchev–Trinajstić information content (AvgIpc) is 3.50. The van der Waals surface area contributed by atoms with Gasteiger partial charge in [-0.1, -0.05) is 43.3 Å². The zero-order chi connectivity index (χ0) is 32.0. The summed E-state index contributed by atoms with van der Waals surface area (Å²) in [4.78, 5) is 48.7. The van der Waals surface area contributed by atoms with Crippen LogP contribution in [0.5, 0.6) is 0 Å². The van der Waals surface area contributed by atoms with Crippen LogP contribution >= 0.6 is 0 Å². The highest BCUT2D eigenvalue weighted by Crippen LogP contribution is 2.41. The third-order valence-corrected chi connectivity index (χ3v) is 8.09. The van der Waals surface area contributed by atoms with Crippen LogP contribution in [0, 0.1) is 6.92 Å². The summed E-state index contributed by atoms with van der Waals surface area (Å²) < 4.78 is 34.5. The van der Waals surface area contributed by atoms with Crippen molar-refractivity contribution in [3.8, 4) is 0 Å². The summed E-state index contributed by atoms with van der Waals surface area (Å²) in [7, 11) is 0. The van der Waals surface area contributed by atoms with Gasteiger partial charge in [0.15, 0.2) is 18.3 Å². The van der Waals surface area contributed by atoms with Gasteiger partial charge in [0.2, 0.25) is 0 Å². The summed E-state index contributed by atoms with van der Waals surface area (Å²) in [6.07, 6.45) is -3.12. The molecule has 0 unspecified atom stereocenters. The lowest BCUT2D eigenvalue weighted by atomic mass is 9.83. The molecule has 0 aliphatic carbocycles. The van der Waals surface area contributed by atoms with E-state index < -0.39 is 54.4 Å². The lowest BCUT2D eigenvalue weighted by molar-refractivity contribution is -0.254. The summed E-state index contributed by atoms with van der Waals surface area (Å²) >= 11 is 0. The molecule has 238 valence electrons. The maximum Gasteiger partial charge on any atom is 0.303 e. The number of ether oxygens (including phenoxy) is 6. The molecule has 2 fully saturated rings. The highest BCUT2D eigenvalue weighted by molar-refractivity contribution is 5.69. The second-order valence-electron chi connectivity index (χ2n) is 11.4. The average molecular weight is 611 g/mol. The van der Waals surface area contributed by atoms with E-state index in [0.29, 0.717) is 25.2 Å². The Morgan fingerprint density at radius 1 is 0.818 bits per heavy atom. The maximum absolute atomic E-state index is 12.4. The first-order chi connectivity index (χ1) is 21.0. The van der Waals surface area contributed by atoms with E-state index in [1.165, 1.54) is 33.3 Å². The Morgan fingerprint density at radius 3 is 2.00 bits per heavy atom. The predicted octanol–water partition coefficient (Wildman–Crippen LogP) is 4.45. The molecule has 2 saturated heterocycles. The molecule has 0 saturated carbocycles. The largest absolute Gasteiger partial charge is 0.463 e. The van der Waals surface area contributed by atoms with Crippen LogP contribution in [-0.2, 0) is 60.4 Å². The second kappa shape index (κ2) is 14.8. The maximum atomic E-state index is 12.4. The molecule has 0 radical (unpaired) electrons. The Balaban J connectivity index is 1.85. The Morgan fingerprint density at radius 2 is 1.43 bits per heavy atom. The molecule has 0 spiro atoms. The van der Waals surface area contributed by atoms with Gasteiger partial charge in [-0.2, -0.15) is 0 Å². The van der Waals surface area contributed by atoms with E-state index in [4.69, 9.17) is 28.4 Å². The van der Waals surface area contributed by atoms with Crippen molar-refractivity contribution in [2.45, 2.75) is 97.2 Å². The molecule has 2 aliphatic heterocycles. The fraction of sp³-hybridized carbons (Fsp3) is 0.529. The van der Waals surface area contributed by atoms with Gasteiger partial charge >= 0.3 is 23.9 Å². The molecule has 6 atom stereocenters. The van der Waals surface area contributed by atoms with Crippen LogP contribution in [0.4, 0.5) is 0 Å². The molecule has 0 N–H and O–H groups in total. The minimum absolute atomic E-state index is 0.154. The van der Waals surface area contributed by atoms with Crippen molar-refractivity contribution >= 4 is 23.9 Å². The predicted molar refractivity (Wildman–Crippen MR) is 159 cm³/mol. The van der Waals surface area contributed by atoms with Crippen molar-refractivity contribution in [3.63, 3.8) is 0 Å². The van der Waals surface area contributed by atoms with Gasteiger partial charge in [-0.05, 0) is 59.6 Å². The Labute approximate surface area is 258 Å². The molecule has 2 heterocycles. The molecule has 10 heteroatoms. The molecular weight excluding hydrogens is 568 g/mol. The zero-order valence-corrected chi connectivity index (χ0v) is 26.3. The van der Waals surface area contributed by atoms with Crippen LogP contribution in [0.15, 0.2) is 36.4 Å². The third-order valence-electron chi connectivity index (χ3n) is 8.09. The topological polar surface area (TPSA) is 124 Å². The van der Waals surface area contributed by atoms with Gasteiger partial charge in [-0.15, -0.1) is 0 Å². The van der Waals surface area contributed by atoms with Crippen LogP contribution in [-0.4, -0.2) is 68.1 Å². The quantitative estimate of drug-likeness (QED) is 0.282. The number of rotatable bonds is 10. The lowest BCUT2D eigenvalue weighted by Crippen LogP contribution is -2.59. The molecule has 0 amide bonds. The van der Waals surface area contributed by atoms with Crippen molar-refractivity contribution in [1.29, 1.82) is 0 Å². The monoisotopic (exact) mass is 610 g/mol. The van der Waals surface area contributed by atoms with E-state index in [-0.39, 0.29) is 12.5 Å². The van der Waals surface area contributed by atoms with Crippen LogP contribution in [0.2, 0.25) is 0 Å². The summed E-state index contributed by atoms with van der Waals surface area (Å²) in [5.41, 5.74) is 6.36. The second-order valence-corrected chi connectivity index (χ2v) is 11.4.